The summed E-state index contributed by atoms with van der Waals surface area (Å²) in [7, 11) is 3.02. The summed E-state index contributed by atoms with van der Waals surface area (Å²) in [6, 6.07) is 8.19. The van der Waals surface area contributed by atoms with Crippen molar-refractivity contribution < 1.29 is 27.4 Å². The summed E-state index contributed by atoms with van der Waals surface area (Å²) >= 11 is 3.36. The van der Waals surface area contributed by atoms with Crippen LogP contribution < -0.4 is 19.9 Å². The Labute approximate surface area is 145 Å². The zero-order valence-electron chi connectivity index (χ0n) is 12.9. The minimum atomic E-state index is -4.73. The molecule has 0 unspecified atom stereocenters. The number of ether oxygens (including phenoxy) is 3. The van der Waals surface area contributed by atoms with E-state index in [2.05, 4.69) is 20.7 Å². The summed E-state index contributed by atoms with van der Waals surface area (Å²) < 4.78 is 51.7. The summed E-state index contributed by atoms with van der Waals surface area (Å²) in [5.74, 6) is 0.794. The molecular weight excluding hydrogens is 391 g/mol. The summed E-state index contributed by atoms with van der Waals surface area (Å²) in [4.78, 5) is 0. The Kier molecular flexibility index (Phi) is 5.61. The van der Waals surface area contributed by atoms with Crippen molar-refractivity contribution in [1.82, 2.24) is 0 Å². The molecular formula is C16H15BrF3NO3. The molecule has 1 atom stereocenters. The quantitative estimate of drug-likeness (QED) is 0.799. The predicted octanol–water partition coefficient (Wildman–Crippen LogP) is 4.41. The minimum absolute atomic E-state index is 0.307. The number of methoxy groups -OCH3 is 2. The van der Waals surface area contributed by atoms with Gasteiger partial charge in [-0.25, -0.2) is 0 Å². The fourth-order valence-electron chi connectivity index (χ4n) is 2.18. The van der Waals surface area contributed by atoms with Gasteiger partial charge in [-0.3, -0.25) is 0 Å². The van der Waals surface area contributed by atoms with Gasteiger partial charge in [0, 0.05) is 5.56 Å². The Morgan fingerprint density at radius 1 is 1.00 bits per heavy atom. The summed E-state index contributed by atoms with van der Waals surface area (Å²) in [6.07, 6.45) is -4.73. The van der Waals surface area contributed by atoms with Crippen molar-refractivity contribution in [2.75, 3.05) is 14.2 Å². The summed E-state index contributed by atoms with van der Waals surface area (Å²) in [5.41, 5.74) is 7.47. The van der Waals surface area contributed by atoms with Gasteiger partial charge in [-0.15, -0.1) is 13.2 Å². The molecule has 8 heteroatoms. The Bertz CT molecular complexity index is 705. The lowest BCUT2D eigenvalue weighted by Gasteiger charge is -2.18. The van der Waals surface area contributed by atoms with E-state index in [4.69, 9.17) is 15.2 Å². The molecule has 2 aromatic rings. The van der Waals surface area contributed by atoms with Crippen molar-refractivity contribution >= 4 is 15.9 Å². The van der Waals surface area contributed by atoms with Crippen LogP contribution in [0.25, 0.3) is 0 Å². The maximum atomic E-state index is 12.2. The molecule has 0 saturated heterocycles. The molecule has 0 heterocycles. The third-order valence-electron chi connectivity index (χ3n) is 3.31. The zero-order valence-corrected chi connectivity index (χ0v) is 14.4. The van der Waals surface area contributed by atoms with Gasteiger partial charge in [-0.1, -0.05) is 12.1 Å². The lowest BCUT2D eigenvalue weighted by Crippen LogP contribution is -2.17. The third-order valence-corrected chi connectivity index (χ3v) is 3.93. The predicted molar refractivity (Wildman–Crippen MR) is 86.4 cm³/mol. The highest BCUT2D eigenvalue weighted by Gasteiger charge is 2.31. The normalized spacial score (nSPS) is 12.6. The van der Waals surface area contributed by atoms with E-state index in [1.807, 2.05) is 0 Å². The fraction of sp³-hybridized carbons (Fsp3) is 0.250. The lowest BCUT2D eigenvalue weighted by atomic mass is 9.98. The molecule has 0 bridgehead atoms. The topological polar surface area (TPSA) is 53.7 Å². The van der Waals surface area contributed by atoms with Gasteiger partial charge >= 0.3 is 6.36 Å². The second-order valence-corrected chi connectivity index (χ2v) is 5.68. The minimum Gasteiger partial charge on any atom is -0.496 e. The number of halogens is 4. The number of nitrogens with two attached hydrogens (primary N) is 1. The molecule has 0 fully saturated rings. The molecule has 2 N–H and O–H groups in total. The maximum absolute atomic E-state index is 12.2. The maximum Gasteiger partial charge on any atom is 0.573 e. The van der Waals surface area contributed by atoms with Crippen LogP contribution in [0.3, 0.4) is 0 Å². The summed E-state index contributed by atoms with van der Waals surface area (Å²) in [5, 5.41) is 0. The van der Waals surface area contributed by atoms with E-state index in [-0.39, 0.29) is 5.75 Å². The first-order valence-corrected chi connectivity index (χ1v) is 7.57. The molecule has 4 nitrogen and oxygen atoms in total. The van der Waals surface area contributed by atoms with E-state index in [1.54, 1.807) is 12.1 Å². The molecule has 0 spiro atoms. The van der Waals surface area contributed by atoms with Gasteiger partial charge in [0.25, 0.3) is 0 Å². The van der Waals surface area contributed by atoms with Crippen molar-refractivity contribution in [1.29, 1.82) is 0 Å². The second kappa shape index (κ2) is 7.31. The van der Waals surface area contributed by atoms with Crippen molar-refractivity contribution in [2.45, 2.75) is 12.4 Å². The fourth-order valence-corrected chi connectivity index (χ4v) is 2.67. The van der Waals surface area contributed by atoms with Crippen LogP contribution in [0.2, 0.25) is 0 Å². The van der Waals surface area contributed by atoms with Crippen molar-refractivity contribution in [3.05, 3.63) is 52.0 Å². The lowest BCUT2D eigenvalue weighted by molar-refractivity contribution is -0.274. The molecule has 2 rings (SSSR count). The smallest absolute Gasteiger partial charge is 0.496 e. The Morgan fingerprint density at radius 2 is 1.58 bits per heavy atom. The van der Waals surface area contributed by atoms with E-state index in [1.165, 1.54) is 38.5 Å². The first kappa shape index (κ1) is 18.4. The first-order chi connectivity index (χ1) is 11.2. The first-order valence-electron chi connectivity index (χ1n) is 6.78. The van der Waals surface area contributed by atoms with Crippen molar-refractivity contribution in [3.63, 3.8) is 0 Å². The van der Waals surface area contributed by atoms with E-state index < -0.39 is 12.4 Å². The van der Waals surface area contributed by atoms with Gasteiger partial charge in [0.1, 0.15) is 17.2 Å². The molecule has 24 heavy (non-hydrogen) atoms. The number of hydrogen-bond acceptors (Lipinski definition) is 4. The number of hydrogen-bond donors (Lipinski definition) is 1. The summed E-state index contributed by atoms with van der Waals surface area (Å²) in [6.45, 7) is 0. The standard InChI is InChI=1S/C16H15BrF3NO3/c1-22-13-8-12(17)14(23-2)7-11(13)15(21)9-3-5-10(6-4-9)24-16(18,19)20/h3-8,15H,21H2,1-2H3/t15-/m1/s1. The van der Waals surface area contributed by atoms with Crippen LogP contribution in [0.4, 0.5) is 13.2 Å². The molecule has 0 aliphatic carbocycles. The zero-order chi connectivity index (χ0) is 17.9. The number of rotatable bonds is 5. The van der Waals surface area contributed by atoms with Crippen LogP contribution in [0.5, 0.6) is 17.2 Å². The van der Waals surface area contributed by atoms with Gasteiger partial charge in [0.05, 0.1) is 24.7 Å². The highest BCUT2D eigenvalue weighted by atomic mass is 79.9. The highest BCUT2D eigenvalue weighted by molar-refractivity contribution is 9.10. The van der Waals surface area contributed by atoms with Crippen LogP contribution in [0.1, 0.15) is 17.2 Å². The van der Waals surface area contributed by atoms with Crippen molar-refractivity contribution in [3.8, 4) is 17.2 Å². The molecule has 130 valence electrons. The Morgan fingerprint density at radius 3 is 2.08 bits per heavy atom. The average Bonchev–Trinajstić information content (AvgIpc) is 2.53. The van der Waals surface area contributed by atoms with Gasteiger partial charge in [0.15, 0.2) is 0 Å². The number of alkyl halides is 3. The average molecular weight is 406 g/mol. The van der Waals surface area contributed by atoms with Crippen molar-refractivity contribution in [2.24, 2.45) is 5.73 Å². The van der Waals surface area contributed by atoms with Crippen LogP contribution in [0.15, 0.2) is 40.9 Å². The van der Waals surface area contributed by atoms with Gasteiger partial charge in [-0.05, 0) is 45.8 Å². The van der Waals surface area contributed by atoms with E-state index in [0.29, 0.717) is 27.1 Å². The monoisotopic (exact) mass is 405 g/mol. The molecule has 0 aliphatic rings. The largest absolute Gasteiger partial charge is 0.573 e. The SMILES string of the molecule is COc1cc([C@H](N)c2ccc(OC(F)(F)F)cc2)c(OC)cc1Br. The molecule has 0 amide bonds. The second-order valence-electron chi connectivity index (χ2n) is 4.82. The Hall–Kier alpha value is -1.93. The molecule has 2 aromatic carbocycles. The van der Waals surface area contributed by atoms with Crippen LogP contribution >= 0.6 is 15.9 Å². The molecule has 0 radical (unpaired) electrons. The third kappa shape index (κ3) is 4.33. The molecule has 0 aromatic heterocycles. The van der Waals surface area contributed by atoms with E-state index in [0.717, 1.165) is 0 Å². The van der Waals surface area contributed by atoms with Crippen LogP contribution in [-0.4, -0.2) is 20.6 Å². The van der Waals surface area contributed by atoms with Crippen LogP contribution in [-0.2, 0) is 0 Å². The Balaban J connectivity index is 2.33. The van der Waals surface area contributed by atoms with Gasteiger partial charge < -0.3 is 19.9 Å². The van der Waals surface area contributed by atoms with E-state index in [9.17, 15) is 13.2 Å². The number of benzene rings is 2. The van der Waals surface area contributed by atoms with Gasteiger partial charge in [-0.2, -0.15) is 0 Å². The highest BCUT2D eigenvalue weighted by Crippen LogP contribution is 2.37. The molecule has 0 saturated carbocycles. The van der Waals surface area contributed by atoms with E-state index >= 15 is 0 Å². The van der Waals surface area contributed by atoms with Crippen LogP contribution in [0, 0.1) is 0 Å². The molecule has 0 aliphatic heterocycles. The van der Waals surface area contributed by atoms with Gasteiger partial charge in [0.2, 0.25) is 0 Å².